The SMILES string of the molecule is CCCC(OC(CCC)C(C)(C)C(CC)S(N)(=O)=O)C(C)(CC)C(=O)O. The normalized spacial score (nSPS) is 18.8. The lowest BCUT2D eigenvalue weighted by Gasteiger charge is -2.44. The molecule has 6 nitrogen and oxygen atoms in total. The van der Waals surface area contributed by atoms with Gasteiger partial charge < -0.3 is 9.84 Å². The molecule has 0 aromatic heterocycles. The molecule has 0 heterocycles. The molecule has 4 atom stereocenters. The Labute approximate surface area is 159 Å². The van der Waals surface area contributed by atoms with E-state index in [1.54, 1.807) is 13.8 Å². The van der Waals surface area contributed by atoms with Gasteiger partial charge in [-0.2, -0.15) is 0 Å². The zero-order valence-corrected chi connectivity index (χ0v) is 18.4. The van der Waals surface area contributed by atoms with Crippen LogP contribution in [0.1, 0.15) is 87.0 Å². The van der Waals surface area contributed by atoms with Gasteiger partial charge in [0.1, 0.15) is 0 Å². The van der Waals surface area contributed by atoms with Crippen LogP contribution >= 0.6 is 0 Å². The van der Waals surface area contributed by atoms with E-state index in [0.717, 1.165) is 12.8 Å². The maximum atomic E-state index is 12.1. The first-order valence-electron chi connectivity index (χ1n) is 9.73. The molecule has 156 valence electrons. The largest absolute Gasteiger partial charge is 0.481 e. The number of carboxylic acid groups (broad SMARTS) is 1. The molecule has 0 saturated heterocycles. The van der Waals surface area contributed by atoms with E-state index in [0.29, 0.717) is 25.7 Å². The van der Waals surface area contributed by atoms with Gasteiger partial charge in [0.25, 0.3) is 0 Å². The molecule has 0 fully saturated rings. The molecule has 0 spiro atoms. The van der Waals surface area contributed by atoms with Crippen molar-refractivity contribution in [2.75, 3.05) is 0 Å². The maximum Gasteiger partial charge on any atom is 0.311 e. The van der Waals surface area contributed by atoms with Gasteiger partial charge in [-0.1, -0.05) is 54.4 Å². The molecule has 0 aliphatic heterocycles. The summed E-state index contributed by atoms with van der Waals surface area (Å²) >= 11 is 0. The van der Waals surface area contributed by atoms with Crippen LogP contribution in [0.4, 0.5) is 0 Å². The summed E-state index contributed by atoms with van der Waals surface area (Å²) in [4.78, 5) is 11.9. The summed E-state index contributed by atoms with van der Waals surface area (Å²) in [5.41, 5.74) is -1.74. The fourth-order valence-corrected chi connectivity index (χ4v) is 5.24. The van der Waals surface area contributed by atoms with Gasteiger partial charge in [0.05, 0.1) is 22.9 Å². The van der Waals surface area contributed by atoms with Gasteiger partial charge in [-0.3, -0.25) is 4.79 Å². The Balaban J connectivity index is 5.94. The predicted molar refractivity (Wildman–Crippen MR) is 105 cm³/mol. The smallest absolute Gasteiger partial charge is 0.311 e. The van der Waals surface area contributed by atoms with E-state index in [9.17, 15) is 18.3 Å². The minimum Gasteiger partial charge on any atom is -0.481 e. The van der Waals surface area contributed by atoms with Gasteiger partial charge in [0.15, 0.2) is 0 Å². The van der Waals surface area contributed by atoms with Crippen LogP contribution < -0.4 is 5.14 Å². The third-order valence-corrected chi connectivity index (χ3v) is 7.52. The highest BCUT2D eigenvalue weighted by Crippen LogP contribution is 2.40. The first-order valence-corrected chi connectivity index (χ1v) is 11.3. The lowest BCUT2D eigenvalue weighted by atomic mass is 9.77. The molecule has 26 heavy (non-hydrogen) atoms. The first kappa shape index (κ1) is 25.3. The Morgan fingerprint density at radius 3 is 1.81 bits per heavy atom. The first-order chi connectivity index (χ1) is 11.8. The van der Waals surface area contributed by atoms with Gasteiger partial charge in [0, 0.05) is 5.41 Å². The van der Waals surface area contributed by atoms with E-state index in [1.807, 2.05) is 34.6 Å². The third-order valence-electron chi connectivity index (χ3n) is 5.79. The molecule has 0 aliphatic carbocycles. The number of aliphatic carboxylic acids is 1. The number of primary sulfonamides is 1. The number of nitrogens with two attached hydrogens (primary N) is 1. The fraction of sp³-hybridized carbons (Fsp3) is 0.947. The average molecular weight is 394 g/mol. The van der Waals surface area contributed by atoms with Crippen LogP contribution in [0.25, 0.3) is 0 Å². The van der Waals surface area contributed by atoms with E-state index >= 15 is 0 Å². The topological polar surface area (TPSA) is 107 Å². The number of hydrogen-bond acceptors (Lipinski definition) is 4. The molecule has 3 N–H and O–H groups in total. The summed E-state index contributed by atoms with van der Waals surface area (Å²) in [6.07, 6.45) is 2.82. The maximum absolute atomic E-state index is 12.1. The van der Waals surface area contributed by atoms with Gasteiger partial charge >= 0.3 is 5.97 Å². The molecular formula is C19H39NO5S. The zero-order valence-electron chi connectivity index (χ0n) is 17.5. The second-order valence-corrected chi connectivity index (χ2v) is 9.82. The van der Waals surface area contributed by atoms with Crippen molar-refractivity contribution in [1.82, 2.24) is 0 Å². The molecule has 0 saturated carbocycles. The number of rotatable bonds is 13. The lowest BCUT2D eigenvalue weighted by Crippen LogP contribution is -2.51. The van der Waals surface area contributed by atoms with Crippen LogP contribution in [0.3, 0.4) is 0 Å². The summed E-state index contributed by atoms with van der Waals surface area (Å²) in [7, 11) is -3.74. The second-order valence-electron chi connectivity index (χ2n) is 8.07. The van der Waals surface area contributed by atoms with Crippen LogP contribution in [-0.4, -0.2) is 37.0 Å². The Kier molecular flexibility index (Phi) is 9.79. The van der Waals surface area contributed by atoms with Crippen molar-refractivity contribution in [2.24, 2.45) is 16.0 Å². The molecular weight excluding hydrogens is 354 g/mol. The highest BCUT2D eigenvalue weighted by atomic mass is 32.2. The van der Waals surface area contributed by atoms with Crippen LogP contribution in [0.15, 0.2) is 0 Å². The van der Waals surface area contributed by atoms with Gasteiger partial charge in [-0.25, -0.2) is 13.6 Å². The lowest BCUT2D eigenvalue weighted by molar-refractivity contribution is -0.171. The molecule has 0 aliphatic rings. The summed E-state index contributed by atoms with van der Waals surface area (Å²) in [6.45, 7) is 13.1. The van der Waals surface area contributed by atoms with E-state index in [2.05, 4.69) is 0 Å². The van der Waals surface area contributed by atoms with E-state index in [1.165, 1.54) is 0 Å². The quantitative estimate of drug-likeness (QED) is 0.493. The van der Waals surface area contributed by atoms with Gasteiger partial charge in [-0.15, -0.1) is 0 Å². The average Bonchev–Trinajstić information content (AvgIpc) is 2.51. The summed E-state index contributed by atoms with van der Waals surface area (Å²) in [6, 6.07) is 0. The Morgan fingerprint density at radius 2 is 1.50 bits per heavy atom. The van der Waals surface area contributed by atoms with Crippen molar-refractivity contribution >= 4 is 16.0 Å². The van der Waals surface area contributed by atoms with Crippen LogP contribution in [-0.2, 0) is 19.6 Å². The highest BCUT2D eigenvalue weighted by molar-refractivity contribution is 7.89. The standard InChI is InChI=1S/C19H39NO5S/c1-8-12-14(18(5,6)16(10-3)26(20,23)24)25-15(13-9-2)19(7,11-4)17(21)22/h14-16H,8-13H2,1-7H3,(H,21,22)(H2,20,23,24). The predicted octanol–water partition coefficient (Wildman–Crippen LogP) is 3.93. The minimum absolute atomic E-state index is 0.387. The van der Waals surface area contributed by atoms with Crippen LogP contribution in [0.5, 0.6) is 0 Å². The fourth-order valence-electron chi connectivity index (χ4n) is 3.78. The summed E-state index contributed by atoms with van der Waals surface area (Å²) in [5, 5.41) is 14.5. The van der Waals surface area contributed by atoms with Crippen LogP contribution in [0.2, 0.25) is 0 Å². The van der Waals surface area contributed by atoms with Crippen molar-refractivity contribution < 1.29 is 23.1 Å². The summed E-state index contributed by atoms with van der Waals surface area (Å²) < 4.78 is 30.6. The number of sulfonamides is 1. The molecule has 0 aromatic carbocycles. The highest BCUT2D eigenvalue weighted by Gasteiger charge is 2.47. The van der Waals surface area contributed by atoms with Gasteiger partial charge in [-0.05, 0) is 32.6 Å². The number of carboxylic acids is 1. The van der Waals surface area contributed by atoms with Crippen molar-refractivity contribution in [1.29, 1.82) is 0 Å². The number of ether oxygens (including phenoxy) is 1. The molecule has 0 radical (unpaired) electrons. The van der Waals surface area contributed by atoms with Crippen molar-refractivity contribution in [3.05, 3.63) is 0 Å². The molecule has 4 unspecified atom stereocenters. The van der Waals surface area contributed by atoms with Crippen molar-refractivity contribution in [2.45, 2.75) is 104 Å². The Bertz CT molecular complexity index is 546. The molecule has 7 heteroatoms. The number of hydrogen-bond donors (Lipinski definition) is 2. The summed E-state index contributed by atoms with van der Waals surface area (Å²) in [5.74, 6) is -0.884. The monoisotopic (exact) mass is 393 g/mol. The second kappa shape index (κ2) is 10.0. The molecule has 0 aromatic rings. The Morgan fingerprint density at radius 1 is 1.04 bits per heavy atom. The van der Waals surface area contributed by atoms with Gasteiger partial charge in [0.2, 0.25) is 10.0 Å². The van der Waals surface area contributed by atoms with Crippen LogP contribution in [0, 0.1) is 10.8 Å². The van der Waals surface area contributed by atoms with E-state index in [-0.39, 0.29) is 0 Å². The minimum atomic E-state index is -3.74. The van der Waals surface area contributed by atoms with Crippen molar-refractivity contribution in [3.63, 3.8) is 0 Å². The third kappa shape index (κ3) is 5.92. The zero-order chi connectivity index (χ0) is 20.8. The molecule has 0 bridgehead atoms. The van der Waals surface area contributed by atoms with E-state index in [4.69, 9.17) is 9.88 Å². The molecule has 0 amide bonds. The van der Waals surface area contributed by atoms with Crippen molar-refractivity contribution in [3.8, 4) is 0 Å². The van der Waals surface area contributed by atoms with E-state index < -0.39 is 44.3 Å². The number of carbonyl (C=O) groups is 1. The Hall–Kier alpha value is -0.660. The molecule has 0 rings (SSSR count).